The summed E-state index contributed by atoms with van der Waals surface area (Å²) in [6.45, 7) is 1.57. The molecule has 4 nitrogen and oxygen atoms in total. The first kappa shape index (κ1) is 16.1. The van der Waals surface area contributed by atoms with Gasteiger partial charge in [0, 0.05) is 31.0 Å². The van der Waals surface area contributed by atoms with Crippen molar-refractivity contribution >= 4 is 11.8 Å². The number of nitrogens with zero attached hydrogens (tertiary/aromatic N) is 1. The lowest BCUT2D eigenvalue weighted by Crippen LogP contribution is -2.57. The second kappa shape index (κ2) is 6.28. The van der Waals surface area contributed by atoms with E-state index >= 15 is 0 Å². The van der Waals surface area contributed by atoms with Gasteiger partial charge in [-0.15, -0.1) is 0 Å². The van der Waals surface area contributed by atoms with Crippen LogP contribution in [0.15, 0.2) is 0 Å². The van der Waals surface area contributed by atoms with Crippen LogP contribution in [0, 0.1) is 35.5 Å². The predicted octanol–water partition coefficient (Wildman–Crippen LogP) is 2.97. The van der Waals surface area contributed by atoms with Crippen molar-refractivity contribution in [3.63, 3.8) is 0 Å². The van der Waals surface area contributed by atoms with Gasteiger partial charge < -0.3 is 10.2 Å². The first-order chi connectivity index (χ1) is 12.2. The maximum Gasteiger partial charge on any atom is 0.225 e. The summed E-state index contributed by atoms with van der Waals surface area (Å²) in [5.74, 6) is 4.47. The zero-order valence-corrected chi connectivity index (χ0v) is 15.3. The largest absolute Gasteiger partial charge is 0.353 e. The number of carbonyl (C=O) groups is 2. The molecule has 2 amide bonds. The van der Waals surface area contributed by atoms with E-state index in [-0.39, 0.29) is 11.8 Å². The predicted molar refractivity (Wildman–Crippen MR) is 95.6 cm³/mol. The highest BCUT2D eigenvalue weighted by Crippen LogP contribution is 2.53. The molecule has 138 valence electrons. The molecule has 25 heavy (non-hydrogen) atoms. The zero-order chi connectivity index (χ0) is 17.0. The smallest absolute Gasteiger partial charge is 0.225 e. The average molecular weight is 344 g/mol. The van der Waals surface area contributed by atoms with Crippen LogP contribution in [0.25, 0.3) is 0 Å². The second-order valence-corrected chi connectivity index (χ2v) is 9.69. The molecule has 0 radical (unpaired) electrons. The summed E-state index contributed by atoms with van der Waals surface area (Å²) in [5, 5.41) is 3.48. The van der Waals surface area contributed by atoms with E-state index in [4.69, 9.17) is 0 Å². The Kier molecular flexibility index (Phi) is 4.05. The van der Waals surface area contributed by atoms with E-state index in [1.54, 1.807) is 0 Å². The summed E-state index contributed by atoms with van der Waals surface area (Å²) in [5.41, 5.74) is 0. The van der Waals surface area contributed by atoms with Gasteiger partial charge in [-0.05, 0) is 81.5 Å². The minimum Gasteiger partial charge on any atom is -0.353 e. The summed E-state index contributed by atoms with van der Waals surface area (Å²) in [6.07, 6.45) is 11.9. The molecule has 6 aliphatic rings. The number of hydrogen-bond acceptors (Lipinski definition) is 2. The van der Waals surface area contributed by atoms with Gasteiger partial charge in [-0.2, -0.15) is 0 Å². The minimum absolute atomic E-state index is 0.127. The van der Waals surface area contributed by atoms with Gasteiger partial charge in [0.05, 0.1) is 0 Å². The molecule has 0 atom stereocenters. The molecule has 4 heteroatoms. The summed E-state index contributed by atoms with van der Waals surface area (Å²) in [6, 6.07) is 0.454. The van der Waals surface area contributed by atoms with Crippen LogP contribution in [0.2, 0.25) is 0 Å². The first-order valence-electron chi connectivity index (χ1n) is 10.8. The fraction of sp³-hybridized carbons (Fsp3) is 0.905. The van der Waals surface area contributed by atoms with Gasteiger partial charge >= 0.3 is 0 Å². The van der Waals surface area contributed by atoms with Crippen molar-refractivity contribution in [3.05, 3.63) is 0 Å². The van der Waals surface area contributed by atoms with Crippen molar-refractivity contribution in [1.29, 1.82) is 0 Å². The number of hydrogen-bond donors (Lipinski definition) is 1. The van der Waals surface area contributed by atoms with Crippen molar-refractivity contribution in [2.75, 3.05) is 13.1 Å². The van der Waals surface area contributed by atoms with E-state index in [0.717, 1.165) is 62.4 Å². The Morgan fingerprint density at radius 2 is 1.36 bits per heavy atom. The molecule has 4 bridgehead atoms. The van der Waals surface area contributed by atoms with Crippen LogP contribution in [0.3, 0.4) is 0 Å². The summed E-state index contributed by atoms with van der Waals surface area (Å²) >= 11 is 0. The van der Waals surface area contributed by atoms with E-state index < -0.39 is 0 Å². The van der Waals surface area contributed by atoms with E-state index in [1.165, 1.54) is 38.5 Å². The highest BCUT2D eigenvalue weighted by atomic mass is 16.2. The molecule has 5 saturated carbocycles. The first-order valence-corrected chi connectivity index (χ1v) is 10.8. The Balaban J connectivity index is 1.14. The number of nitrogens with one attached hydrogen (secondary N) is 1. The Bertz CT molecular complexity index is 520. The standard InChI is InChI=1S/C21H32N2O2/c24-20(15-4-6-23(7-5-15)21(25)16-2-1-3-16)22-19-17-9-13-8-14(11-17)12-18(19)10-13/h13-19H,1-12H2,(H,22,24). The molecule has 0 aromatic rings. The third-order valence-corrected chi connectivity index (χ3v) is 8.17. The van der Waals surface area contributed by atoms with Gasteiger partial charge in [-0.1, -0.05) is 6.42 Å². The highest BCUT2D eigenvalue weighted by Gasteiger charge is 2.49. The lowest BCUT2D eigenvalue weighted by Gasteiger charge is -2.54. The van der Waals surface area contributed by atoms with Crippen LogP contribution in [-0.2, 0) is 9.59 Å². The Hall–Kier alpha value is -1.06. The molecular weight excluding hydrogens is 312 g/mol. The monoisotopic (exact) mass is 344 g/mol. The van der Waals surface area contributed by atoms with Crippen LogP contribution in [-0.4, -0.2) is 35.8 Å². The zero-order valence-electron chi connectivity index (χ0n) is 15.3. The fourth-order valence-corrected chi connectivity index (χ4v) is 6.72. The Morgan fingerprint density at radius 1 is 0.760 bits per heavy atom. The van der Waals surface area contributed by atoms with Crippen LogP contribution in [0.1, 0.15) is 64.2 Å². The van der Waals surface area contributed by atoms with Crippen molar-refractivity contribution in [2.24, 2.45) is 35.5 Å². The van der Waals surface area contributed by atoms with E-state index in [1.807, 2.05) is 4.90 Å². The van der Waals surface area contributed by atoms with Crippen molar-refractivity contribution < 1.29 is 9.59 Å². The van der Waals surface area contributed by atoms with Gasteiger partial charge in [-0.25, -0.2) is 0 Å². The highest BCUT2D eigenvalue weighted by molar-refractivity contribution is 5.81. The normalized spacial score (nSPS) is 40.8. The van der Waals surface area contributed by atoms with E-state index in [0.29, 0.717) is 17.9 Å². The summed E-state index contributed by atoms with van der Waals surface area (Å²) in [7, 11) is 0. The van der Waals surface area contributed by atoms with Crippen molar-refractivity contribution in [3.8, 4) is 0 Å². The molecule has 6 fully saturated rings. The third kappa shape index (κ3) is 2.90. The molecule has 1 saturated heterocycles. The van der Waals surface area contributed by atoms with Crippen LogP contribution in [0.5, 0.6) is 0 Å². The minimum atomic E-state index is 0.127. The molecule has 6 rings (SSSR count). The van der Waals surface area contributed by atoms with Crippen molar-refractivity contribution in [1.82, 2.24) is 10.2 Å². The maximum atomic E-state index is 12.9. The maximum absolute atomic E-state index is 12.9. The number of likely N-dealkylation sites (tertiary alicyclic amines) is 1. The van der Waals surface area contributed by atoms with Gasteiger partial charge in [0.1, 0.15) is 0 Å². The van der Waals surface area contributed by atoms with Crippen LogP contribution in [0.4, 0.5) is 0 Å². The average Bonchev–Trinajstić information content (AvgIpc) is 2.56. The molecule has 0 unspecified atom stereocenters. The van der Waals surface area contributed by atoms with E-state index in [2.05, 4.69) is 5.32 Å². The Labute approximate surface area is 151 Å². The van der Waals surface area contributed by atoms with E-state index in [9.17, 15) is 9.59 Å². The van der Waals surface area contributed by atoms with Crippen LogP contribution >= 0.6 is 0 Å². The van der Waals surface area contributed by atoms with Gasteiger partial charge in [0.2, 0.25) is 11.8 Å². The molecule has 1 N–H and O–H groups in total. The summed E-state index contributed by atoms with van der Waals surface area (Å²) in [4.78, 5) is 27.2. The quantitative estimate of drug-likeness (QED) is 0.856. The molecule has 0 spiro atoms. The number of piperidine rings is 1. The number of amides is 2. The third-order valence-electron chi connectivity index (χ3n) is 8.17. The Morgan fingerprint density at radius 3 is 1.88 bits per heavy atom. The molecular formula is C21H32N2O2. The topological polar surface area (TPSA) is 49.4 Å². The molecule has 1 aliphatic heterocycles. The van der Waals surface area contributed by atoms with Gasteiger partial charge in [-0.3, -0.25) is 9.59 Å². The lowest BCUT2D eigenvalue weighted by molar-refractivity contribution is -0.142. The summed E-state index contributed by atoms with van der Waals surface area (Å²) < 4.78 is 0. The van der Waals surface area contributed by atoms with Gasteiger partial charge in [0.25, 0.3) is 0 Å². The lowest BCUT2D eigenvalue weighted by atomic mass is 9.54. The fourth-order valence-electron chi connectivity index (χ4n) is 6.72. The molecule has 5 aliphatic carbocycles. The SMILES string of the molecule is O=C(NC1C2CC3CC(C2)CC1C3)C1CCN(C(=O)C2CCC2)CC1. The van der Waals surface area contributed by atoms with Crippen LogP contribution < -0.4 is 5.32 Å². The number of rotatable bonds is 3. The molecule has 1 heterocycles. The van der Waals surface area contributed by atoms with Crippen molar-refractivity contribution in [2.45, 2.75) is 70.3 Å². The molecule has 0 aromatic heterocycles. The van der Waals surface area contributed by atoms with Gasteiger partial charge in [0.15, 0.2) is 0 Å². The number of carbonyl (C=O) groups excluding carboxylic acids is 2. The second-order valence-electron chi connectivity index (χ2n) is 9.69. The molecule has 0 aromatic carbocycles.